The lowest BCUT2D eigenvalue weighted by atomic mass is 9.85. The van der Waals surface area contributed by atoms with Gasteiger partial charge < -0.3 is 15.8 Å². The maximum absolute atomic E-state index is 6.07. The van der Waals surface area contributed by atoms with Crippen LogP contribution in [0.2, 0.25) is 5.02 Å². The summed E-state index contributed by atoms with van der Waals surface area (Å²) >= 11 is 6.07. The number of aliphatic imine (C=N–C) groups is 1. The van der Waals surface area contributed by atoms with Crippen LogP contribution in [0.4, 0.5) is 5.69 Å². The van der Waals surface area contributed by atoms with Crippen molar-refractivity contribution >= 4 is 23.2 Å². The first-order valence-corrected chi connectivity index (χ1v) is 7.76. The van der Waals surface area contributed by atoms with Gasteiger partial charge in [0.15, 0.2) is 5.96 Å². The number of para-hydroxylation sites is 2. The number of nitrogens with zero attached hydrogens (tertiary/aromatic N) is 1. The number of methoxy groups -OCH3 is 1. The standard InChI is InChI=1S/C18H22ClN3O/c1-18(2,13-7-6-8-14(19)11-13)12-21-17(20)22-15-9-4-5-10-16(15)23-3/h4-11H,12H2,1-3H3,(H3,20,21,22). The highest BCUT2D eigenvalue weighted by Crippen LogP contribution is 2.26. The van der Waals surface area contributed by atoms with Crippen molar-refractivity contribution in [3.05, 3.63) is 59.1 Å². The van der Waals surface area contributed by atoms with Crippen LogP contribution in [0.5, 0.6) is 5.75 Å². The molecule has 23 heavy (non-hydrogen) atoms. The maximum Gasteiger partial charge on any atom is 0.193 e. The molecule has 0 aromatic heterocycles. The fourth-order valence-electron chi connectivity index (χ4n) is 2.21. The van der Waals surface area contributed by atoms with Crippen molar-refractivity contribution in [2.45, 2.75) is 19.3 Å². The van der Waals surface area contributed by atoms with E-state index in [1.807, 2.05) is 48.5 Å². The van der Waals surface area contributed by atoms with Gasteiger partial charge in [-0.1, -0.05) is 49.7 Å². The summed E-state index contributed by atoms with van der Waals surface area (Å²) in [5, 5.41) is 3.80. The Labute approximate surface area is 142 Å². The smallest absolute Gasteiger partial charge is 0.193 e. The SMILES string of the molecule is COc1ccccc1NC(N)=NCC(C)(C)c1cccc(Cl)c1. The van der Waals surface area contributed by atoms with Gasteiger partial charge in [-0.25, -0.2) is 0 Å². The van der Waals surface area contributed by atoms with E-state index < -0.39 is 0 Å². The van der Waals surface area contributed by atoms with Gasteiger partial charge in [-0.05, 0) is 29.8 Å². The minimum atomic E-state index is -0.169. The molecule has 2 aromatic rings. The Morgan fingerprint density at radius 2 is 1.96 bits per heavy atom. The summed E-state index contributed by atoms with van der Waals surface area (Å²) in [6.45, 7) is 4.76. The van der Waals surface area contributed by atoms with Crippen LogP contribution < -0.4 is 15.8 Å². The molecule has 0 aliphatic carbocycles. The van der Waals surface area contributed by atoms with Gasteiger partial charge in [0.25, 0.3) is 0 Å². The zero-order valence-corrected chi connectivity index (χ0v) is 14.4. The van der Waals surface area contributed by atoms with Crippen LogP contribution in [0.1, 0.15) is 19.4 Å². The van der Waals surface area contributed by atoms with Crippen molar-refractivity contribution in [1.29, 1.82) is 0 Å². The van der Waals surface area contributed by atoms with E-state index in [0.29, 0.717) is 12.5 Å². The molecule has 0 unspecified atom stereocenters. The summed E-state index contributed by atoms with van der Waals surface area (Å²) in [5.74, 6) is 1.07. The van der Waals surface area contributed by atoms with E-state index in [1.165, 1.54) is 0 Å². The third-order valence-corrected chi connectivity index (χ3v) is 3.86. The molecule has 0 aliphatic heterocycles. The molecule has 0 heterocycles. The normalized spacial score (nSPS) is 12.1. The fraction of sp³-hybridized carbons (Fsp3) is 0.278. The van der Waals surface area contributed by atoms with Crippen LogP contribution in [0.3, 0.4) is 0 Å². The summed E-state index contributed by atoms with van der Waals surface area (Å²) in [5.41, 5.74) is 7.75. The number of hydrogen-bond acceptors (Lipinski definition) is 2. The first-order valence-electron chi connectivity index (χ1n) is 7.38. The second-order valence-electron chi connectivity index (χ2n) is 5.92. The Balaban J connectivity index is 2.09. The van der Waals surface area contributed by atoms with E-state index in [4.69, 9.17) is 22.1 Å². The molecule has 5 heteroatoms. The first kappa shape index (κ1) is 17.2. The van der Waals surface area contributed by atoms with Crippen molar-refractivity contribution in [3.8, 4) is 5.75 Å². The van der Waals surface area contributed by atoms with E-state index in [0.717, 1.165) is 22.0 Å². The summed E-state index contributed by atoms with van der Waals surface area (Å²) in [6.07, 6.45) is 0. The van der Waals surface area contributed by atoms with Crippen molar-refractivity contribution in [1.82, 2.24) is 0 Å². The summed E-state index contributed by atoms with van der Waals surface area (Å²) in [7, 11) is 1.62. The van der Waals surface area contributed by atoms with E-state index in [2.05, 4.69) is 24.2 Å². The quantitative estimate of drug-likeness (QED) is 0.641. The highest BCUT2D eigenvalue weighted by Gasteiger charge is 2.20. The van der Waals surface area contributed by atoms with Crippen molar-refractivity contribution in [2.75, 3.05) is 19.0 Å². The van der Waals surface area contributed by atoms with Gasteiger partial charge in [-0.15, -0.1) is 0 Å². The molecule has 0 spiro atoms. The third kappa shape index (κ3) is 4.63. The molecule has 0 saturated carbocycles. The number of hydrogen-bond donors (Lipinski definition) is 2. The van der Waals surface area contributed by atoms with Gasteiger partial charge in [-0.3, -0.25) is 4.99 Å². The lowest BCUT2D eigenvalue weighted by molar-refractivity contribution is 0.417. The summed E-state index contributed by atoms with van der Waals surface area (Å²) in [4.78, 5) is 4.46. The van der Waals surface area contributed by atoms with Gasteiger partial charge in [0.05, 0.1) is 19.3 Å². The third-order valence-electron chi connectivity index (χ3n) is 3.62. The van der Waals surface area contributed by atoms with Crippen LogP contribution >= 0.6 is 11.6 Å². The Hall–Kier alpha value is -2.20. The predicted molar refractivity (Wildman–Crippen MR) is 97.6 cm³/mol. The molecule has 4 nitrogen and oxygen atoms in total. The second kappa shape index (κ2) is 7.38. The monoisotopic (exact) mass is 331 g/mol. The number of ether oxygens (including phenoxy) is 1. The molecule has 0 amide bonds. The van der Waals surface area contributed by atoms with E-state index in [1.54, 1.807) is 7.11 Å². The molecule has 3 N–H and O–H groups in total. The molecule has 2 rings (SSSR count). The molecule has 0 saturated heterocycles. The van der Waals surface area contributed by atoms with Crippen LogP contribution in [0.25, 0.3) is 0 Å². The summed E-state index contributed by atoms with van der Waals surface area (Å²) in [6, 6.07) is 15.4. The Kier molecular flexibility index (Phi) is 5.50. The Bertz CT molecular complexity index is 698. The largest absolute Gasteiger partial charge is 0.495 e. The molecule has 0 aliphatic rings. The number of halogens is 1. The van der Waals surface area contributed by atoms with Crippen LogP contribution in [0.15, 0.2) is 53.5 Å². The van der Waals surface area contributed by atoms with Gasteiger partial charge >= 0.3 is 0 Å². The second-order valence-corrected chi connectivity index (χ2v) is 6.36. The molecule has 122 valence electrons. The molecular weight excluding hydrogens is 310 g/mol. The highest BCUT2D eigenvalue weighted by molar-refractivity contribution is 6.30. The molecule has 0 bridgehead atoms. The Morgan fingerprint density at radius 3 is 2.65 bits per heavy atom. The zero-order valence-electron chi connectivity index (χ0n) is 13.6. The topological polar surface area (TPSA) is 59.6 Å². The number of anilines is 1. The van der Waals surface area contributed by atoms with E-state index >= 15 is 0 Å². The number of rotatable bonds is 5. The van der Waals surface area contributed by atoms with Crippen LogP contribution in [-0.4, -0.2) is 19.6 Å². The minimum absolute atomic E-state index is 0.169. The van der Waals surface area contributed by atoms with Gasteiger partial charge in [0, 0.05) is 10.4 Å². The van der Waals surface area contributed by atoms with Gasteiger partial charge in [0.2, 0.25) is 0 Å². The van der Waals surface area contributed by atoms with E-state index in [-0.39, 0.29) is 5.41 Å². The van der Waals surface area contributed by atoms with Gasteiger partial charge in [-0.2, -0.15) is 0 Å². The van der Waals surface area contributed by atoms with Gasteiger partial charge in [0.1, 0.15) is 5.75 Å². The van der Waals surface area contributed by atoms with Crippen molar-refractivity contribution in [2.24, 2.45) is 10.7 Å². The zero-order chi connectivity index (χ0) is 16.9. The number of nitrogens with one attached hydrogen (secondary N) is 1. The lowest BCUT2D eigenvalue weighted by Crippen LogP contribution is -2.28. The van der Waals surface area contributed by atoms with Crippen molar-refractivity contribution < 1.29 is 4.74 Å². The molecule has 2 aromatic carbocycles. The Morgan fingerprint density at radius 1 is 1.22 bits per heavy atom. The first-order chi connectivity index (χ1) is 10.9. The average molecular weight is 332 g/mol. The lowest BCUT2D eigenvalue weighted by Gasteiger charge is -2.23. The molecule has 0 atom stereocenters. The van der Waals surface area contributed by atoms with Crippen LogP contribution in [-0.2, 0) is 5.41 Å². The predicted octanol–water partition coefficient (Wildman–Crippen LogP) is 4.05. The minimum Gasteiger partial charge on any atom is -0.495 e. The van der Waals surface area contributed by atoms with Crippen molar-refractivity contribution in [3.63, 3.8) is 0 Å². The van der Waals surface area contributed by atoms with Crippen LogP contribution in [0, 0.1) is 0 Å². The van der Waals surface area contributed by atoms with E-state index in [9.17, 15) is 0 Å². The fourth-order valence-corrected chi connectivity index (χ4v) is 2.40. The highest BCUT2D eigenvalue weighted by atomic mass is 35.5. The number of benzene rings is 2. The maximum atomic E-state index is 6.07. The molecular formula is C18H22ClN3O. The average Bonchev–Trinajstić information content (AvgIpc) is 2.53. The molecule has 0 fully saturated rings. The molecule has 0 radical (unpaired) electrons. The number of guanidine groups is 1. The summed E-state index contributed by atoms with van der Waals surface area (Å²) < 4.78 is 5.29. The number of nitrogens with two attached hydrogens (primary N) is 1.